The Labute approximate surface area is 317 Å². The fraction of sp³-hybridized carbons (Fsp3) is 0.267. The van der Waals surface area contributed by atoms with Gasteiger partial charge in [0, 0.05) is 19.4 Å². The molecule has 2 atom stereocenters. The SMILES string of the molecule is CNC(=O)[C@](C)(Cc1ccc(OCc2ccccc2)c(OCc2ccccc2)c1)NC(=O)[C@@H](NC(=O)OCC1c2ccccc2-c2ccccc21)C(C)C. The highest BCUT2D eigenvalue weighted by molar-refractivity contribution is 5.94. The van der Waals surface area contributed by atoms with Crippen LogP contribution in [0.5, 0.6) is 11.5 Å². The summed E-state index contributed by atoms with van der Waals surface area (Å²) < 4.78 is 18.2. The molecule has 3 amide bonds. The van der Waals surface area contributed by atoms with Gasteiger partial charge in [0.15, 0.2) is 11.5 Å². The molecule has 0 fully saturated rings. The number of carbonyl (C=O) groups is 3. The number of fused-ring (bicyclic) bond motifs is 3. The van der Waals surface area contributed by atoms with E-state index < -0.39 is 29.5 Å². The predicted molar refractivity (Wildman–Crippen MR) is 209 cm³/mol. The first-order valence-corrected chi connectivity index (χ1v) is 18.3. The van der Waals surface area contributed by atoms with Crippen LogP contribution in [-0.4, -0.2) is 43.1 Å². The lowest BCUT2D eigenvalue weighted by Crippen LogP contribution is -2.62. The molecule has 5 aromatic carbocycles. The summed E-state index contributed by atoms with van der Waals surface area (Å²) in [5.41, 5.74) is 5.79. The van der Waals surface area contributed by atoms with Gasteiger partial charge in [0.25, 0.3) is 0 Å². The topological polar surface area (TPSA) is 115 Å². The molecule has 9 heteroatoms. The van der Waals surface area contributed by atoms with Crippen LogP contribution in [0.4, 0.5) is 4.79 Å². The van der Waals surface area contributed by atoms with Gasteiger partial charge in [-0.15, -0.1) is 0 Å². The van der Waals surface area contributed by atoms with E-state index in [1.165, 1.54) is 7.05 Å². The summed E-state index contributed by atoms with van der Waals surface area (Å²) >= 11 is 0. The van der Waals surface area contributed by atoms with E-state index in [0.29, 0.717) is 24.7 Å². The second-order valence-electron chi connectivity index (χ2n) is 14.1. The number of ether oxygens (including phenoxy) is 3. The second-order valence-corrected chi connectivity index (χ2v) is 14.1. The average molecular weight is 726 g/mol. The minimum atomic E-state index is -1.38. The van der Waals surface area contributed by atoms with Crippen molar-refractivity contribution in [1.29, 1.82) is 0 Å². The van der Waals surface area contributed by atoms with E-state index in [-0.39, 0.29) is 24.9 Å². The van der Waals surface area contributed by atoms with Crippen molar-refractivity contribution in [3.8, 4) is 22.6 Å². The molecule has 3 N–H and O–H groups in total. The van der Waals surface area contributed by atoms with Gasteiger partial charge in [-0.25, -0.2) is 4.79 Å². The fourth-order valence-corrected chi connectivity index (χ4v) is 6.88. The maximum Gasteiger partial charge on any atom is 0.407 e. The second kappa shape index (κ2) is 17.2. The van der Waals surface area contributed by atoms with Crippen LogP contribution in [0.25, 0.3) is 11.1 Å². The largest absolute Gasteiger partial charge is 0.485 e. The molecule has 278 valence electrons. The van der Waals surface area contributed by atoms with E-state index in [0.717, 1.165) is 38.9 Å². The summed E-state index contributed by atoms with van der Waals surface area (Å²) in [4.78, 5) is 40.6. The molecule has 1 aliphatic rings. The summed E-state index contributed by atoms with van der Waals surface area (Å²) in [5.74, 6) is -0.268. The Morgan fingerprint density at radius 3 is 1.78 bits per heavy atom. The van der Waals surface area contributed by atoms with Gasteiger partial charge in [0.2, 0.25) is 11.8 Å². The fourth-order valence-electron chi connectivity index (χ4n) is 6.88. The van der Waals surface area contributed by atoms with Crippen molar-refractivity contribution in [3.63, 3.8) is 0 Å². The molecule has 0 radical (unpaired) electrons. The van der Waals surface area contributed by atoms with E-state index in [1.54, 1.807) is 6.92 Å². The molecule has 0 unspecified atom stereocenters. The van der Waals surface area contributed by atoms with Crippen molar-refractivity contribution >= 4 is 17.9 Å². The third-order valence-electron chi connectivity index (χ3n) is 9.73. The molecule has 6 rings (SSSR count). The third kappa shape index (κ3) is 8.92. The van der Waals surface area contributed by atoms with Crippen LogP contribution < -0.4 is 25.4 Å². The molecule has 1 aliphatic carbocycles. The summed E-state index contributed by atoms with van der Waals surface area (Å²) in [6.45, 7) is 6.10. The normalized spacial score (nSPS) is 13.5. The Kier molecular flexibility index (Phi) is 12.0. The monoisotopic (exact) mass is 725 g/mol. The van der Waals surface area contributed by atoms with Gasteiger partial charge in [-0.1, -0.05) is 129 Å². The number of benzene rings is 5. The Bertz CT molecular complexity index is 2020. The van der Waals surface area contributed by atoms with E-state index in [4.69, 9.17) is 14.2 Å². The van der Waals surface area contributed by atoms with Crippen molar-refractivity contribution in [2.45, 2.75) is 57.9 Å². The zero-order valence-electron chi connectivity index (χ0n) is 31.1. The number of amides is 3. The van der Waals surface area contributed by atoms with Gasteiger partial charge in [-0.3, -0.25) is 9.59 Å². The van der Waals surface area contributed by atoms with E-state index in [9.17, 15) is 14.4 Å². The lowest BCUT2D eigenvalue weighted by Gasteiger charge is -2.32. The molecule has 0 aliphatic heterocycles. The zero-order chi connectivity index (χ0) is 38.1. The van der Waals surface area contributed by atoms with Crippen LogP contribution in [0.2, 0.25) is 0 Å². The van der Waals surface area contributed by atoms with Gasteiger partial charge < -0.3 is 30.2 Å². The highest BCUT2D eigenvalue weighted by Crippen LogP contribution is 2.44. The van der Waals surface area contributed by atoms with Gasteiger partial charge in [-0.05, 0) is 63.9 Å². The average Bonchev–Trinajstić information content (AvgIpc) is 3.51. The number of nitrogens with one attached hydrogen (secondary N) is 3. The first-order chi connectivity index (χ1) is 26.1. The van der Waals surface area contributed by atoms with Crippen LogP contribution in [-0.2, 0) is 34.0 Å². The van der Waals surface area contributed by atoms with Crippen molar-refractivity contribution in [2.24, 2.45) is 5.92 Å². The van der Waals surface area contributed by atoms with Crippen molar-refractivity contribution in [1.82, 2.24) is 16.0 Å². The summed E-state index contributed by atoms with van der Waals surface area (Å²) in [6, 6.07) is 40.4. The van der Waals surface area contributed by atoms with Crippen LogP contribution in [0, 0.1) is 5.92 Å². The number of likely N-dealkylation sites (N-methyl/N-ethyl adjacent to an activating group) is 1. The molecule has 0 bridgehead atoms. The molecule has 5 aromatic rings. The number of hydrogen-bond donors (Lipinski definition) is 3. The highest BCUT2D eigenvalue weighted by atomic mass is 16.5. The number of carbonyl (C=O) groups excluding carboxylic acids is 3. The molecular weight excluding hydrogens is 679 g/mol. The minimum absolute atomic E-state index is 0.113. The molecule has 0 aromatic heterocycles. The smallest absolute Gasteiger partial charge is 0.407 e. The Morgan fingerprint density at radius 2 is 1.22 bits per heavy atom. The quantitative estimate of drug-likeness (QED) is 0.103. The molecule has 0 saturated heterocycles. The van der Waals surface area contributed by atoms with Crippen LogP contribution >= 0.6 is 0 Å². The molecular formula is C45H47N3O6. The van der Waals surface area contributed by atoms with Gasteiger partial charge in [0.1, 0.15) is 31.4 Å². The van der Waals surface area contributed by atoms with Crippen molar-refractivity contribution in [2.75, 3.05) is 13.7 Å². The first kappa shape index (κ1) is 37.7. The van der Waals surface area contributed by atoms with Gasteiger partial charge >= 0.3 is 6.09 Å². The Balaban J connectivity index is 1.15. The lowest BCUT2D eigenvalue weighted by atomic mass is 9.90. The Morgan fingerprint density at radius 1 is 0.685 bits per heavy atom. The molecule has 0 saturated carbocycles. The molecule has 9 nitrogen and oxygen atoms in total. The third-order valence-corrected chi connectivity index (χ3v) is 9.73. The van der Waals surface area contributed by atoms with Crippen LogP contribution in [0.1, 0.15) is 54.5 Å². The van der Waals surface area contributed by atoms with E-state index >= 15 is 0 Å². The summed E-state index contributed by atoms with van der Waals surface area (Å²) in [6.07, 6.45) is -0.576. The number of hydrogen-bond acceptors (Lipinski definition) is 6. The van der Waals surface area contributed by atoms with Crippen molar-refractivity contribution < 1.29 is 28.6 Å². The summed E-state index contributed by atoms with van der Waals surface area (Å²) in [7, 11) is 1.52. The maximum absolute atomic E-state index is 13.9. The number of rotatable bonds is 15. The maximum atomic E-state index is 13.9. The van der Waals surface area contributed by atoms with Crippen LogP contribution in [0.15, 0.2) is 127 Å². The van der Waals surface area contributed by atoms with E-state index in [1.807, 2.05) is 117 Å². The molecule has 54 heavy (non-hydrogen) atoms. The van der Waals surface area contributed by atoms with E-state index in [2.05, 4.69) is 40.2 Å². The molecule has 0 spiro atoms. The zero-order valence-corrected chi connectivity index (χ0v) is 31.1. The van der Waals surface area contributed by atoms with Crippen LogP contribution in [0.3, 0.4) is 0 Å². The van der Waals surface area contributed by atoms with Gasteiger partial charge in [-0.2, -0.15) is 0 Å². The Hall–Kier alpha value is -6.09. The van der Waals surface area contributed by atoms with Gasteiger partial charge in [0.05, 0.1) is 0 Å². The van der Waals surface area contributed by atoms with Crippen molar-refractivity contribution in [3.05, 3.63) is 155 Å². The number of alkyl carbamates (subject to hydrolysis) is 1. The molecule has 0 heterocycles. The predicted octanol–water partition coefficient (Wildman–Crippen LogP) is 7.57. The first-order valence-electron chi connectivity index (χ1n) is 18.3. The standard InChI is InChI=1S/C45H47N3O6/c1-30(2)41(47-44(51)54-29-38-36-21-13-11-19-34(36)35-20-12-14-22-37(35)38)42(49)48-45(3,43(50)46-4)26-33-23-24-39(52-27-31-15-7-5-8-16-31)40(25-33)53-28-32-17-9-6-10-18-32/h5-25,30,38,41H,26-29H2,1-4H3,(H,46,50)(H,47,51)(H,48,49)/t41-,45-/m0/s1. The summed E-state index contributed by atoms with van der Waals surface area (Å²) in [5, 5.41) is 8.41. The minimum Gasteiger partial charge on any atom is -0.485 e. The highest BCUT2D eigenvalue weighted by Gasteiger charge is 2.38. The lowest BCUT2D eigenvalue weighted by molar-refractivity contribution is -0.134.